The molecule has 3 aromatic rings. The molecule has 2 aliphatic carbocycles. The molecule has 6 heteroatoms. The third kappa shape index (κ3) is 3.65. The van der Waals surface area contributed by atoms with Gasteiger partial charge in [0.1, 0.15) is 17.5 Å². The highest BCUT2D eigenvalue weighted by atomic mass is 16.5. The van der Waals surface area contributed by atoms with Crippen LogP contribution >= 0.6 is 0 Å². The fourth-order valence-corrected chi connectivity index (χ4v) is 3.29. The van der Waals surface area contributed by atoms with E-state index < -0.39 is 0 Å². The number of benzene rings is 1. The van der Waals surface area contributed by atoms with E-state index in [1.165, 1.54) is 18.4 Å². The lowest BCUT2D eigenvalue weighted by molar-refractivity contribution is 0.0931. The smallest absolute Gasteiger partial charge is 0.232 e. The molecule has 2 aromatic heterocycles. The van der Waals surface area contributed by atoms with Crippen LogP contribution in [0.2, 0.25) is 0 Å². The van der Waals surface area contributed by atoms with Gasteiger partial charge in [0.05, 0.1) is 24.2 Å². The summed E-state index contributed by atoms with van der Waals surface area (Å²) in [5, 5.41) is 3.86. The van der Waals surface area contributed by atoms with Gasteiger partial charge in [-0.2, -0.15) is 0 Å². The van der Waals surface area contributed by atoms with Crippen LogP contribution in [0.5, 0.6) is 11.6 Å². The summed E-state index contributed by atoms with van der Waals surface area (Å²) in [7, 11) is 0. The van der Waals surface area contributed by atoms with E-state index in [4.69, 9.17) is 14.0 Å². The molecular formula is C21H21N3O3. The molecule has 2 aliphatic rings. The van der Waals surface area contributed by atoms with Crippen molar-refractivity contribution in [2.24, 2.45) is 0 Å². The molecule has 1 aromatic carbocycles. The molecule has 0 bridgehead atoms. The van der Waals surface area contributed by atoms with Crippen molar-refractivity contribution in [2.75, 3.05) is 0 Å². The average molecular weight is 363 g/mol. The number of aryl methyl sites for hydroxylation is 1. The van der Waals surface area contributed by atoms with E-state index in [9.17, 15) is 0 Å². The molecule has 6 nitrogen and oxygen atoms in total. The normalized spacial score (nSPS) is 21.5. The molecule has 0 unspecified atom stereocenters. The maximum Gasteiger partial charge on any atom is 0.232 e. The average Bonchev–Trinajstić information content (AvgIpc) is 3.37. The van der Waals surface area contributed by atoms with Gasteiger partial charge in [0.2, 0.25) is 5.88 Å². The number of hydrogen-bond acceptors (Lipinski definition) is 6. The number of ether oxygens (including phenoxy) is 2. The van der Waals surface area contributed by atoms with Crippen LogP contribution in [0, 0.1) is 6.92 Å². The van der Waals surface area contributed by atoms with E-state index in [0.29, 0.717) is 29.4 Å². The highest BCUT2D eigenvalue weighted by Crippen LogP contribution is 2.39. The second-order valence-corrected chi connectivity index (χ2v) is 7.37. The summed E-state index contributed by atoms with van der Waals surface area (Å²) in [5.74, 6) is 2.68. The lowest BCUT2D eigenvalue weighted by atomic mass is 9.77. The second kappa shape index (κ2) is 6.68. The number of nitrogens with zero attached hydrogens (tertiary/aromatic N) is 3. The molecule has 0 amide bonds. The van der Waals surface area contributed by atoms with E-state index in [0.717, 1.165) is 24.3 Å². The molecule has 5 rings (SSSR count). The predicted molar refractivity (Wildman–Crippen MR) is 98.7 cm³/mol. The van der Waals surface area contributed by atoms with Crippen LogP contribution < -0.4 is 9.47 Å². The molecule has 2 fully saturated rings. The fraction of sp³-hybridized carbons (Fsp3) is 0.381. The second-order valence-electron chi connectivity index (χ2n) is 7.37. The Labute approximate surface area is 157 Å². The van der Waals surface area contributed by atoms with Crippen molar-refractivity contribution >= 4 is 0 Å². The molecule has 2 saturated carbocycles. The first kappa shape index (κ1) is 16.3. The van der Waals surface area contributed by atoms with Gasteiger partial charge in [0.15, 0.2) is 5.76 Å². The third-order valence-corrected chi connectivity index (χ3v) is 5.07. The first-order valence-corrected chi connectivity index (χ1v) is 9.42. The summed E-state index contributed by atoms with van der Waals surface area (Å²) >= 11 is 0. The zero-order valence-electron chi connectivity index (χ0n) is 15.2. The van der Waals surface area contributed by atoms with Gasteiger partial charge >= 0.3 is 0 Å². The van der Waals surface area contributed by atoms with Crippen molar-refractivity contribution in [3.05, 3.63) is 54.0 Å². The lowest BCUT2D eigenvalue weighted by Gasteiger charge is -2.35. The molecule has 0 aliphatic heterocycles. The Morgan fingerprint density at radius 2 is 1.78 bits per heavy atom. The zero-order valence-corrected chi connectivity index (χ0v) is 15.2. The lowest BCUT2D eigenvalue weighted by Crippen LogP contribution is -2.32. The van der Waals surface area contributed by atoms with Gasteiger partial charge in [-0.15, -0.1) is 0 Å². The number of hydrogen-bond donors (Lipinski definition) is 0. The van der Waals surface area contributed by atoms with Crippen molar-refractivity contribution in [3.8, 4) is 23.1 Å². The van der Waals surface area contributed by atoms with Gasteiger partial charge < -0.3 is 14.0 Å². The zero-order chi connectivity index (χ0) is 18.2. The van der Waals surface area contributed by atoms with Crippen LogP contribution in [-0.4, -0.2) is 27.3 Å². The van der Waals surface area contributed by atoms with Crippen molar-refractivity contribution in [1.29, 1.82) is 0 Å². The molecule has 0 spiro atoms. The summed E-state index contributed by atoms with van der Waals surface area (Å²) in [4.78, 5) is 8.69. The molecular weight excluding hydrogens is 342 g/mol. The van der Waals surface area contributed by atoms with Crippen molar-refractivity contribution < 1.29 is 14.0 Å². The minimum atomic E-state index is 0.185. The fourth-order valence-electron chi connectivity index (χ4n) is 3.29. The largest absolute Gasteiger partial charge is 0.490 e. The standard InChI is InChI=1S/C21H21N3O3/c1-13-8-20(27-24-13)19-11-23-21(12-22-19)26-18-9-15(10-18)14-2-4-16(5-3-14)25-17-6-7-17/h2-5,8,11-12,15,17-18H,6-7,9-10H2,1H3. The van der Waals surface area contributed by atoms with Gasteiger partial charge in [-0.25, -0.2) is 9.97 Å². The highest BCUT2D eigenvalue weighted by Gasteiger charge is 2.32. The van der Waals surface area contributed by atoms with Crippen LogP contribution in [-0.2, 0) is 0 Å². The first-order chi connectivity index (χ1) is 13.2. The Bertz CT molecular complexity index is 911. The van der Waals surface area contributed by atoms with E-state index in [1.807, 2.05) is 13.0 Å². The summed E-state index contributed by atoms with van der Waals surface area (Å²) in [6, 6.07) is 10.3. The molecule has 0 atom stereocenters. The maximum absolute atomic E-state index is 5.94. The van der Waals surface area contributed by atoms with Crippen molar-refractivity contribution in [3.63, 3.8) is 0 Å². The highest BCUT2D eigenvalue weighted by molar-refractivity contribution is 5.50. The van der Waals surface area contributed by atoms with Gasteiger partial charge in [0.25, 0.3) is 0 Å². The monoisotopic (exact) mass is 363 g/mol. The van der Waals surface area contributed by atoms with Crippen molar-refractivity contribution in [2.45, 2.75) is 50.7 Å². The minimum Gasteiger partial charge on any atom is -0.490 e. The minimum absolute atomic E-state index is 0.185. The molecule has 0 radical (unpaired) electrons. The first-order valence-electron chi connectivity index (χ1n) is 9.42. The Balaban J connectivity index is 1.14. The Kier molecular flexibility index (Phi) is 4.03. The summed E-state index contributed by atoms with van der Waals surface area (Å²) in [6.45, 7) is 1.87. The quantitative estimate of drug-likeness (QED) is 0.650. The van der Waals surface area contributed by atoms with Crippen LogP contribution in [0.15, 0.2) is 47.2 Å². The molecule has 2 heterocycles. The van der Waals surface area contributed by atoms with Crippen LogP contribution in [0.4, 0.5) is 0 Å². The van der Waals surface area contributed by atoms with Crippen LogP contribution in [0.3, 0.4) is 0 Å². The van der Waals surface area contributed by atoms with Gasteiger partial charge in [-0.05, 0) is 56.2 Å². The van der Waals surface area contributed by atoms with E-state index in [1.54, 1.807) is 12.4 Å². The van der Waals surface area contributed by atoms with Crippen molar-refractivity contribution in [1.82, 2.24) is 15.1 Å². The molecule has 27 heavy (non-hydrogen) atoms. The maximum atomic E-state index is 5.94. The molecule has 0 saturated heterocycles. The summed E-state index contributed by atoms with van der Waals surface area (Å²) in [6.07, 6.45) is 8.29. The van der Waals surface area contributed by atoms with E-state index in [2.05, 4.69) is 39.4 Å². The number of aromatic nitrogens is 3. The predicted octanol–water partition coefficient (Wildman–Crippen LogP) is 4.31. The Morgan fingerprint density at radius 3 is 2.41 bits per heavy atom. The summed E-state index contributed by atoms with van der Waals surface area (Å²) in [5.41, 5.74) is 2.82. The van der Waals surface area contributed by atoms with Gasteiger partial charge in [-0.3, -0.25) is 0 Å². The van der Waals surface area contributed by atoms with Crippen LogP contribution in [0.25, 0.3) is 11.5 Å². The molecule has 138 valence electrons. The Morgan fingerprint density at radius 1 is 0.963 bits per heavy atom. The van der Waals surface area contributed by atoms with E-state index in [-0.39, 0.29) is 6.10 Å². The third-order valence-electron chi connectivity index (χ3n) is 5.07. The summed E-state index contributed by atoms with van der Waals surface area (Å²) < 4.78 is 16.9. The van der Waals surface area contributed by atoms with E-state index >= 15 is 0 Å². The Hall–Kier alpha value is -2.89. The number of rotatable bonds is 6. The van der Waals surface area contributed by atoms with Gasteiger partial charge in [0, 0.05) is 6.07 Å². The SMILES string of the molecule is Cc1cc(-c2cnc(OC3CC(c4ccc(OC5CC5)cc4)C3)cn2)on1. The molecule has 0 N–H and O–H groups in total. The van der Waals surface area contributed by atoms with Crippen LogP contribution in [0.1, 0.15) is 42.9 Å². The van der Waals surface area contributed by atoms with Gasteiger partial charge in [-0.1, -0.05) is 17.3 Å². The topological polar surface area (TPSA) is 70.3 Å².